The van der Waals surface area contributed by atoms with Gasteiger partial charge in [0.15, 0.2) is 0 Å². The Balaban J connectivity index is 4.67. The van der Waals surface area contributed by atoms with Crippen molar-refractivity contribution >= 4 is 11.9 Å². The second-order valence-corrected chi connectivity index (χ2v) is 4.21. The van der Waals surface area contributed by atoms with Crippen molar-refractivity contribution in [1.82, 2.24) is 10.2 Å². The molecule has 0 heterocycles. The molecule has 0 fully saturated rings. The predicted molar refractivity (Wildman–Crippen MR) is 60.7 cm³/mol. The number of amides is 3. The van der Waals surface area contributed by atoms with Crippen LogP contribution in [-0.2, 0) is 4.79 Å². The van der Waals surface area contributed by atoms with Gasteiger partial charge in [0.2, 0.25) is 5.91 Å². The number of primary amides is 1. The van der Waals surface area contributed by atoms with E-state index in [1.165, 1.54) is 4.90 Å². The number of rotatable bonds is 5. The highest BCUT2D eigenvalue weighted by Gasteiger charge is 2.28. The van der Waals surface area contributed by atoms with Gasteiger partial charge in [-0.2, -0.15) is 0 Å². The maximum Gasteiger partial charge on any atom is 0.312 e. The van der Waals surface area contributed by atoms with Crippen LogP contribution in [0.1, 0.15) is 20.8 Å². The molecular weight excluding hydrogens is 210 g/mol. The lowest BCUT2D eigenvalue weighted by atomic mass is 10.0. The Bertz CT molecular complexity index is 256. The van der Waals surface area contributed by atoms with Gasteiger partial charge in [0.1, 0.15) is 6.04 Å². The molecule has 0 saturated carbocycles. The molecule has 0 aliphatic heterocycles. The Hall–Kier alpha value is -1.30. The van der Waals surface area contributed by atoms with Gasteiger partial charge in [-0.15, -0.1) is 0 Å². The highest BCUT2D eigenvalue weighted by molar-refractivity contribution is 5.86. The van der Waals surface area contributed by atoms with Gasteiger partial charge in [-0.1, -0.05) is 13.8 Å². The summed E-state index contributed by atoms with van der Waals surface area (Å²) in [5, 5.41) is 11.4. The summed E-state index contributed by atoms with van der Waals surface area (Å²) >= 11 is 0. The number of likely N-dealkylation sites (N-methyl/N-ethyl adjacent to an activating group) is 1. The van der Waals surface area contributed by atoms with Gasteiger partial charge in [-0.25, -0.2) is 4.79 Å². The molecule has 0 aliphatic rings. The van der Waals surface area contributed by atoms with Gasteiger partial charge in [-0.05, 0) is 12.8 Å². The van der Waals surface area contributed by atoms with Gasteiger partial charge < -0.3 is 21.1 Å². The summed E-state index contributed by atoms with van der Waals surface area (Å²) in [7, 11) is 1.58. The monoisotopic (exact) mass is 231 g/mol. The maximum atomic E-state index is 12.0. The summed E-state index contributed by atoms with van der Waals surface area (Å²) in [6.07, 6.45) is 0. The zero-order valence-electron chi connectivity index (χ0n) is 10.2. The van der Waals surface area contributed by atoms with Crippen molar-refractivity contribution in [2.24, 2.45) is 11.7 Å². The normalized spacial score (nSPS) is 14.4. The van der Waals surface area contributed by atoms with E-state index >= 15 is 0 Å². The van der Waals surface area contributed by atoms with Crippen LogP contribution in [0.4, 0.5) is 4.79 Å². The summed E-state index contributed by atoms with van der Waals surface area (Å²) < 4.78 is 0. The second-order valence-electron chi connectivity index (χ2n) is 4.21. The average Bonchev–Trinajstić information content (AvgIpc) is 2.22. The zero-order chi connectivity index (χ0) is 12.9. The van der Waals surface area contributed by atoms with E-state index in [1.807, 2.05) is 13.8 Å². The standard InChI is InChI=1S/C10H21N3O3/c1-6(2)8(12-10(11)16)9(15)13(4)7(3)5-14/h6-8,14H,5H2,1-4H3,(H3,11,12,16). The molecule has 2 unspecified atom stereocenters. The minimum Gasteiger partial charge on any atom is -0.394 e. The van der Waals surface area contributed by atoms with E-state index in [2.05, 4.69) is 5.32 Å². The van der Waals surface area contributed by atoms with Gasteiger partial charge in [0.25, 0.3) is 0 Å². The Morgan fingerprint density at radius 1 is 1.38 bits per heavy atom. The number of aliphatic hydroxyl groups is 1. The van der Waals surface area contributed by atoms with Crippen molar-refractivity contribution in [3.8, 4) is 0 Å². The number of hydrogen-bond acceptors (Lipinski definition) is 3. The Morgan fingerprint density at radius 2 is 1.88 bits per heavy atom. The molecule has 0 aliphatic carbocycles. The van der Waals surface area contributed by atoms with Gasteiger partial charge in [0.05, 0.1) is 12.6 Å². The number of aliphatic hydroxyl groups excluding tert-OH is 1. The summed E-state index contributed by atoms with van der Waals surface area (Å²) in [5.41, 5.74) is 5.01. The molecule has 0 bridgehead atoms. The first-order valence-corrected chi connectivity index (χ1v) is 5.24. The number of nitrogens with one attached hydrogen (secondary N) is 1. The van der Waals surface area contributed by atoms with E-state index in [-0.39, 0.29) is 24.5 Å². The third-order valence-corrected chi connectivity index (χ3v) is 2.50. The van der Waals surface area contributed by atoms with Crippen molar-refractivity contribution in [3.63, 3.8) is 0 Å². The first-order chi connectivity index (χ1) is 7.31. The minimum absolute atomic E-state index is 0.0617. The summed E-state index contributed by atoms with van der Waals surface area (Å²) in [6.45, 7) is 5.23. The van der Waals surface area contributed by atoms with E-state index in [0.29, 0.717) is 0 Å². The number of urea groups is 1. The maximum absolute atomic E-state index is 12.0. The summed E-state index contributed by atoms with van der Waals surface area (Å²) in [4.78, 5) is 24.1. The lowest BCUT2D eigenvalue weighted by Gasteiger charge is -2.29. The average molecular weight is 231 g/mol. The van der Waals surface area contributed by atoms with Crippen LogP contribution in [-0.4, -0.2) is 47.7 Å². The molecular formula is C10H21N3O3. The van der Waals surface area contributed by atoms with E-state index < -0.39 is 12.1 Å². The third kappa shape index (κ3) is 4.06. The van der Waals surface area contributed by atoms with Crippen LogP contribution in [0.2, 0.25) is 0 Å². The zero-order valence-corrected chi connectivity index (χ0v) is 10.2. The third-order valence-electron chi connectivity index (χ3n) is 2.50. The van der Waals surface area contributed by atoms with Crippen LogP contribution in [0.15, 0.2) is 0 Å². The second kappa shape index (κ2) is 6.32. The number of nitrogens with zero attached hydrogens (tertiary/aromatic N) is 1. The highest BCUT2D eigenvalue weighted by Crippen LogP contribution is 2.07. The largest absolute Gasteiger partial charge is 0.394 e. The SMILES string of the molecule is CC(C)C(NC(N)=O)C(=O)N(C)C(C)CO. The van der Waals surface area contributed by atoms with Crippen LogP contribution in [0.3, 0.4) is 0 Å². The van der Waals surface area contributed by atoms with Crippen molar-refractivity contribution in [2.45, 2.75) is 32.9 Å². The lowest BCUT2D eigenvalue weighted by Crippen LogP contribution is -2.53. The quantitative estimate of drug-likeness (QED) is 0.596. The molecule has 0 rings (SSSR count). The van der Waals surface area contributed by atoms with Crippen molar-refractivity contribution in [1.29, 1.82) is 0 Å². The van der Waals surface area contributed by atoms with Crippen LogP contribution in [0, 0.1) is 5.92 Å². The number of hydrogen-bond donors (Lipinski definition) is 3. The molecule has 6 heteroatoms. The van der Waals surface area contributed by atoms with Crippen LogP contribution >= 0.6 is 0 Å². The molecule has 0 aromatic rings. The van der Waals surface area contributed by atoms with Crippen molar-refractivity contribution in [2.75, 3.05) is 13.7 Å². The van der Waals surface area contributed by atoms with Crippen molar-refractivity contribution in [3.05, 3.63) is 0 Å². The fourth-order valence-electron chi connectivity index (χ4n) is 1.23. The topological polar surface area (TPSA) is 95.7 Å². The smallest absolute Gasteiger partial charge is 0.312 e. The van der Waals surface area contributed by atoms with E-state index in [1.54, 1.807) is 14.0 Å². The van der Waals surface area contributed by atoms with Gasteiger partial charge in [0, 0.05) is 7.05 Å². The number of carbonyl (C=O) groups is 2. The molecule has 16 heavy (non-hydrogen) atoms. The first kappa shape index (κ1) is 14.7. The Kier molecular flexibility index (Phi) is 5.81. The van der Waals surface area contributed by atoms with Crippen LogP contribution in [0.5, 0.6) is 0 Å². The summed E-state index contributed by atoms with van der Waals surface area (Å²) in [6, 6.07) is -1.67. The number of nitrogens with two attached hydrogens (primary N) is 1. The molecule has 6 nitrogen and oxygen atoms in total. The fraction of sp³-hybridized carbons (Fsp3) is 0.800. The van der Waals surface area contributed by atoms with Crippen LogP contribution in [0.25, 0.3) is 0 Å². The van der Waals surface area contributed by atoms with Crippen LogP contribution < -0.4 is 11.1 Å². The summed E-state index contributed by atoms with van der Waals surface area (Å²) in [5.74, 6) is -0.316. The molecule has 94 valence electrons. The number of carbonyl (C=O) groups excluding carboxylic acids is 2. The fourth-order valence-corrected chi connectivity index (χ4v) is 1.23. The predicted octanol–water partition coefficient (Wildman–Crippen LogP) is -0.481. The molecule has 2 atom stereocenters. The molecule has 4 N–H and O–H groups in total. The Morgan fingerprint density at radius 3 is 2.19 bits per heavy atom. The van der Waals surface area contributed by atoms with E-state index in [4.69, 9.17) is 10.8 Å². The van der Waals surface area contributed by atoms with E-state index in [0.717, 1.165) is 0 Å². The van der Waals surface area contributed by atoms with E-state index in [9.17, 15) is 9.59 Å². The van der Waals surface area contributed by atoms with Gasteiger partial charge in [-0.3, -0.25) is 4.79 Å². The Labute approximate surface area is 95.8 Å². The van der Waals surface area contributed by atoms with Crippen molar-refractivity contribution < 1.29 is 14.7 Å². The minimum atomic E-state index is -0.725. The molecule has 0 spiro atoms. The van der Waals surface area contributed by atoms with Gasteiger partial charge >= 0.3 is 6.03 Å². The lowest BCUT2D eigenvalue weighted by molar-refractivity contribution is -0.135. The molecule has 3 amide bonds. The molecule has 0 aromatic carbocycles. The highest BCUT2D eigenvalue weighted by atomic mass is 16.3. The molecule has 0 radical (unpaired) electrons. The molecule has 0 aromatic heterocycles. The molecule has 0 saturated heterocycles. The first-order valence-electron chi connectivity index (χ1n) is 5.24.